The van der Waals surface area contributed by atoms with E-state index in [-0.39, 0.29) is 5.56 Å². The van der Waals surface area contributed by atoms with Crippen molar-refractivity contribution in [3.8, 4) is 0 Å². The number of rotatable bonds is 4. The minimum atomic E-state index is -0.787. The van der Waals surface area contributed by atoms with Gasteiger partial charge in [0.05, 0.1) is 0 Å². The number of nitrogens with one attached hydrogen (secondary N) is 1. The number of nitrogens with zero attached hydrogens (tertiary/aromatic N) is 2. The SMILES string of the molecule is Cc1c(Br)cnc(NC2CCCCC2)c1C(=O)ON=O. The third kappa shape index (κ3) is 3.33. The third-order valence-corrected chi connectivity index (χ3v) is 4.35. The second-order valence-electron chi connectivity index (χ2n) is 4.89. The number of anilines is 1. The second-order valence-corrected chi connectivity index (χ2v) is 5.74. The Morgan fingerprint density at radius 1 is 1.45 bits per heavy atom. The van der Waals surface area contributed by atoms with Crippen LogP contribution in [0.4, 0.5) is 5.82 Å². The lowest BCUT2D eigenvalue weighted by Crippen LogP contribution is -2.24. The molecule has 7 heteroatoms. The monoisotopic (exact) mass is 341 g/mol. The maximum Gasteiger partial charge on any atom is 0.373 e. The van der Waals surface area contributed by atoms with Crippen LogP contribution in [-0.4, -0.2) is 17.0 Å². The predicted molar refractivity (Wildman–Crippen MR) is 78.4 cm³/mol. The van der Waals surface area contributed by atoms with Crippen molar-refractivity contribution in [1.82, 2.24) is 4.98 Å². The molecule has 1 N–H and O–H groups in total. The van der Waals surface area contributed by atoms with Gasteiger partial charge in [0, 0.05) is 16.7 Å². The summed E-state index contributed by atoms with van der Waals surface area (Å²) in [5, 5.41) is 5.48. The lowest BCUT2D eigenvalue weighted by Gasteiger charge is -2.24. The molecule has 0 aromatic carbocycles. The smallest absolute Gasteiger partial charge is 0.367 e. The summed E-state index contributed by atoms with van der Waals surface area (Å²) in [6.45, 7) is 1.76. The highest BCUT2D eigenvalue weighted by Crippen LogP contribution is 2.28. The van der Waals surface area contributed by atoms with Gasteiger partial charge < -0.3 is 5.32 Å². The number of carbonyl (C=O) groups excluding carboxylic acids is 1. The van der Waals surface area contributed by atoms with Crippen LogP contribution in [0.2, 0.25) is 0 Å². The van der Waals surface area contributed by atoms with Gasteiger partial charge in [-0.1, -0.05) is 19.3 Å². The molecule has 2 rings (SSSR count). The molecule has 0 unspecified atom stereocenters. The van der Waals surface area contributed by atoms with E-state index in [0.29, 0.717) is 21.9 Å². The second kappa shape index (κ2) is 6.78. The third-order valence-electron chi connectivity index (χ3n) is 3.55. The first kappa shape index (κ1) is 14.9. The van der Waals surface area contributed by atoms with Gasteiger partial charge in [0.25, 0.3) is 0 Å². The highest BCUT2D eigenvalue weighted by Gasteiger charge is 2.23. The molecule has 0 saturated heterocycles. The molecule has 0 atom stereocenters. The van der Waals surface area contributed by atoms with Crippen LogP contribution in [0.3, 0.4) is 0 Å². The summed E-state index contributed by atoms with van der Waals surface area (Å²) in [7, 11) is 0. The summed E-state index contributed by atoms with van der Waals surface area (Å²) in [6, 6.07) is 0.299. The Kier molecular flexibility index (Phi) is 5.05. The zero-order valence-electron chi connectivity index (χ0n) is 11.2. The molecular weight excluding hydrogens is 326 g/mol. The van der Waals surface area contributed by atoms with Crippen molar-refractivity contribution in [2.75, 3.05) is 5.32 Å². The standard InChI is InChI=1S/C13H16BrN3O3/c1-8-10(14)7-15-12(11(8)13(18)20-17-19)16-9-5-3-2-4-6-9/h7,9H,2-6H2,1H3,(H,15,16). The molecule has 0 bridgehead atoms. The van der Waals surface area contributed by atoms with Crippen LogP contribution in [0, 0.1) is 11.8 Å². The molecule has 0 aliphatic heterocycles. The molecule has 6 nitrogen and oxygen atoms in total. The Balaban J connectivity index is 2.28. The molecule has 0 amide bonds. The maximum atomic E-state index is 11.9. The summed E-state index contributed by atoms with van der Waals surface area (Å²) in [6.07, 6.45) is 7.32. The average molecular weight is 342 g/mol. The molecule has 0 radical (unpaired) electrons. The molecule has 1 heterocycles. The van der Waals surface area contributed by atoms with Crippen LogP contribution in [0.1, 0.15) is 48.0 Å². The topological polar surface area (TPSA) is 80.7 Å². The highest BCUT2D eigenvalue weighted by molar-refractivity contribution is 9.10. The van der Waals surface area contributed by atoms with E-state index < -0.39 is 5.97 Å². The first-order valence-corrected chi connectivity index (χ1v) is 7.38. The molecule has 1 aliphatic rings. The van der Waals surface area contributed by atoms with E-state index in [1.807, 2.05) is 0 Å². The maximum absolute atomic E-state index is 11.9. The zero-order chi connectivity index (χ0) is 14.5. The number of hydrogen-bond donors (Lipinski definition) is 1. The fourth-order valence-corrected chi connectivity index (χ4v) is 2.76. The number of halogens is 1. The van der Waals surface area contributed by atoms with E-state index in [0.717, 1.165) is 12.8 Å². The first-order valence-electron chi connectivity index (χ1n) is 6.59. The number of aromatic nitrogens is 1. The lowest BCUT2D eigenvalue weighted by atomic mass is 9.95. The molecule has 0 spiro atoms. The van der Waals surface area contributed by atoms with Gasteiger partial charge >= 0.3 is 5.97 Å². The van der Waals surface area contributed by atoms with Crippen molar-refractivity contribution in [3.05, 3.63) is 26.7 Å². The zero-order valence-corrected chi connectivity index (χ0v) is 12.8. The van der Waals surface area contributed by atoms with E-state index in [9.17, 15) is 9.70 Å². The molecule has 1 aliphatic carbocycles. The van der Waals surface area contributed by atoms with Crippen molar-refractivity contribution in [2.24, 2.45) is 5.34 Å². The Hall–Kier alpha value is -1.50. The Morgan fingerprint density at radius 3 is 2.80 bits per heavy atom. The van der Waals surface area contributed by atoms with E-state index in [1.165, 1.54) is 19.3 Å². The number of carbonyl (C=O) groups is 1. The fraction of sp³-hybridized carbons (Fsp3) is 0.538. The van der Waals surface area contributed by atoms with Gasteiger partial charge in [-0.2, -0.15) is 0 Å². The number of pyridine rings is 1. The Morgan fingerprint density at radius 2 is 2.15 bits per heavy atom. The minimum Gasteiger partial charge on any atom is -0.367 e. The predicted octanol–water partition coefficient (Wildman–Crippen LogP) is 3.74. The van der Waals surface area contributed by atoms with Crippen LogP contribution in [0.5, 0.6) is 0 Å². The van der Waals surface area contributed by atoms with Gasteiger partial charge in [0.15, 0.2) is 5.34 Å². The molecule has 108 valence electrons. The van der Waals surface area contributed by atoms with Crippen LogP contribution < -0.4 is 5.32 Å². The van der Waals surface area contributed by atoms with Crippen molar-refractivity contribution >= 4 is 27.7 Å². The normalized spacial score (nSPS) is 15.7. The van der Waals surface area contributed by atoms with Gasteiger partial charge in [-0.05, 0) is 41.3 Å². The Bertz CT molecular complexity index is 516. The summed E-state index contributed by atoms with van der Waals surface area (Å²) in [4.78, 5) is 30.5. The lowest BCUT2D eigenvalue weighted by molar-refractivity contribution is 0.0508. The van der Waals surface area contributed by atoms with E-state index >= 15 is 0 Å². The summed E-state index contributed by atoms with van der Waals surface area (Å²) >= 11 is 3.32. The fourth-order valence-electron chi connectivity index (χ4n) is 2.46. The van der Waals surface area contributed by atoms with E-state index in [2.05, 4.69) is 36.4 Å². The molecule has 1 aromatic rings. The van der Waals surface area contributed by atoms with E-state index in [1.54, 1.807) is 13.1 Å². The van der Waals surface area contributed by atoms with Crippen molar-refractivity contribution in [2.45, 2.75) is 45.1 Å². The molecule has 1 aromatic heterocycles. The summed E-state index contributed by atoms with van der Waals surface area (Å²) < 4.78 is 0.685. The minimum absolute atomic E-state index is 0.254. The molecule has 1 fully saturated rings. The van der Waals surface area contributed by atoms with Gasteiger partial charge in [-0.25, -0.2) is 9.78 Å². The van der Waals surface area contributed by atoms with Gasteiger partial charge in [-0.3, -0.25) is 4.84 Å². The van der Waals surface area contributed by atoms with Gasteiger partial charge in [0.2, 0.25) is 0 Å². The molecule has 1 saturated carbocycles. The largest absolute Gasteiger partial charge is 0.373 e. The van der Waals surface area contributed by atoms with Crippen LogP contribution in [0.25, 0.3) is 0 Å². The van der Waals surface area contributed by atoms with Crippen molar-refractivity contribution in [3.63, 3.8) is 0 Å². The Labute approximate surface area is 125 Å². The number of hydrogen-bond acceptors (Lipinski definition) is 6. The molecular formula is C13H16BrN3O3. The van der Waals surface area contributed by atoms with Crippen LogP contribution in [0.15, 0.2) is 16.0 Å². The van der Waals surface area contributed by atoms with Crippen molar-refractivity contribution in [1.29, 1.82) is 0 Å². The van der Waals surface area contributed by atoms with Crippen LogP contribution >= 0.6 is 15.9 Å². The average Bonchev–Trinajstić information content (AvgIpc) is 2.44. The molecule has 20 heavy (non-hydrogen) atoms. The van der Waals surface area contributed by atoms with Crippen LogP contribution in [-0.2, 0) is 4.84 Å². The van der Waals surface area contributed by atoms with Gasteiger partial charge in [-0.15, -0.1) is 4.91 Å². The van der Waals surface area contributed by atoms with E-state index in [4.69, 9.17) is 0 Å². The highest BCUT2D eigenvalue weighted by atomic mass is 79.9. The van der Waals surface area contributed by atoms with Gasteiger partial charge in [0.1, 0.15) is 11.4 Å². The summed E-state index contributed by atoms with van der Waals surface area (Å²) in [5.74, 6) is -0.337. The van der Waals surface area contributed by atoms with Crippen molar-refractivity contribution < 1.29 is 9.63 Å². The quantitative estimate of drug-likeness (QED) is 0.666. The summed E-state index contributed by atoms with van der Waals surface area (Å²) in [5.41, 5.74) is 0.927. The first-order chi connectivity index (χ1) is 9.63.